The smallest absolute Gasteiger partial charge is 0.271 e. The minimum absolute atomic E-state index is 0.339. The summed E-state index contributed by atoms with van der Waals surface area (Å²) in [6.07, 6.45) is 4.12. The summed E-state index contributed by atoms with van der Waals surface area (Å²) in [6.45, 7) is 9.02. The molecule has 0 aliphatic rings. The molecule has 7 heteroatoms. The van der Waals surface area contributed by atoms with E-state index in [0.717, 1.165) is 16.5 Å². The summed E-state index contributed by atoms with van der Waals surface area (Å²) in [5, 5.41) is 4.02. The molecule has 0 spiro atoms. The predicted octanol–water partition coefficient (Wildman–Crippen LogP) is 4.97. The lowest BCUT2D eigenvalue weighted by molar-refractivity contribution is 0.0954. The highest BCUT2D eigenvalue weighted by molar-refractivity contribution is 9.10. The van der Waals surface area contributed by atoms with Crippen molar-refractivity contribution in [3.05, 3.63) is 64.7 Å². The maximum Gasteiger partial charge on any atom is 0.271 e. The van der Waals surface area contributed by atoms with Gasteiger partial charge in [-0.1, -0.05) is 19.6 Å². The van der Waals surface area contributed by atoms with E-state index < -0.39 is 0 Å². The molecule has 0 saturated carbocycles. The Labute approximate surface area is 179 Å². The van der Waals surface area contributed by atoms with E-state index in [2.05, 4.69) is 33.0 Å². The van der Waals surface area contributed by atoms with Gasteiger partial charge in [0, 0.05) is 5.56 Å². The second-order valence-corrected chi connectivity index (χ2v) is 6.79. The fraction of sp³-hybridized carbons (Fsp3) is 0.273. The van der Waals surface area contributed by atoms with Crippen LogP contribution in [0, 0.1) is 0 Å². The molecule has 154 valence electrons. The SMILES string of the molecule is C=CCOc1ccc(/C=N/NC(=O)c2ccc(OCCC)c(OCC)c2)cc1Br. The van der Waals surface area contributed by atoms with Crippen LogP contribution in [0.5, 0.6) is 17.2 Å². The summed E-state index contributed by atoms with van der Waals surface area (Å²) in [7, 11) is 0. The highest BCUT2D eigenvalue weighted by Crippen LogP contribution is 2.29. The number of ether oxygens (including phenoxy) is 3. The van der Waals surface area contributed by atoms with Gasteiger partial charge in [-0.25, -0.2) is 5.43 Å². The van der Waals surface area contributed by atoms with Gasteiger partial charge in [-0.15, -0.1) is 0 Å². The maximum absolute atomic E-state index is 12.4. The summed E-state index contributed by atoms with van der Waals surface area (Å²) >= 11 is 3.45. The molecule has 1 N–H and O–H groups in total. The first kappa shape index (κ1) is 22.5. The van der Waals surface area contributed by atoms with Crippen LogP contribution in [-0.2, 0) is 0 Å². The first-order chi connectivity index (χ1) is 14.1. The van der Waals surface area contributed by atoms with Crippen molar-refractivity contribution in [2.24, 2.45) is 5.10 Å². The molecule has 0 heterocycles. The molecule has 0 radical (unpaired) electrons. The number of nitrogens with zero attached hydrogens (tertiary/aromatic N) is 1. The average molecular weight is 461 g/mol. The quantitative estimate of drug-likeness (QED) is 0.292. The molecule has 0 aliphatic carbocycles. The zero-order valence-electron chi connectivity index (χ0n) is 16.6. The van der Waals surface area contributed by atoms with Gasteiger partial charge in [0.15, 0.2) is 11.5 Å². The van der Waals surface area contributed by atoms with Gasteiger partial charge in [-0.05, 0) is 71.2 Å². The van der Waals surface area contributed by atoms with E-state index in [1.165, 1.54) is 0 Å². The van der Waals surface area contributed by atoms with Gasteiger partial charge in [0.1, 0.15) is 12.4 Å². The first-order valence-electron chi connectivity index (χ1n) is 9.35. The van der Waals surface area contributed by atoms with E-state index in [1.54, 1.807) is 30.5 Å². The third-order valence-corrected chi connectivity index (χ3v) is 4.28. The van der Waals surface area contributed by atoms with Crippen molar-refractivity contribution in [1.82, 2.24) is 5.43 Å². The summed E-state index contributed by atoms with van der Waals surface area (Å²) in [5.41, 5.74) is 3.76. The highest BCUT2D eigenvalue weighted by atomic mass is 79.9. The van der Waals surface area contributed by atoms with Crippen LogP contribution in [0.1, 0.15) is 36.2 Å². The lowest BCUT2D eigenvalue weighted by Gasteiger charge is -2.12. The Balaban J connectivity index is 2.03. The standard InChI is InChI=1S/C22H25BrN2O4/c1-4-11-28-19-9-7-16(13-18(19)23)15-24-25-22(26)17-8-10-20(29-12-5-2)21(14-17)27-6-3/h4,7-10,13-15H,1,5-6,11-12H2,2-3H3,(H,25,26)/b24-15+. The molecule has 29 heavy (non-hydrogen) atoms. The van der Waals surface area contributed by atoms with Gasteiger partial charge in [0.25, 0.3) is 5.91 Å². The first-order valence-corrected chi connectivity index (χ1v) is 10.1. The Morgan fingerprint density at radius 1 is 1.10 bits per heavy atom. The number of benzene rings is 2. The Bertz CT molecular complexity index is 868. The van der Waals surface area contributed by atoms with Crippen molar-refractivity contribution in [2.75, 3.05) is 19.8 Å². The lowest BCUT2D eigenvalue weighted by atomic mass is 10.2. The molecular weight excluding hydrogens is 436 g/mol. The van der Waals surface area contributed by atoms with E-state index in [0.29, 0.717) is 42.6 Å². The Hall–Kier alpha value is -2.80. The molecule has 0 fully saturated rings. The zero-order valence-corrected chi connectivity index (χ0v) is 18.2. The maximum atomic E-state index is 12.4. The molecule has 2 aromatic rings. The number of carbonyl (C=O) groups is 1. The number of carbonyl (C=O) groups excluding carboxylic acids is 1. The minimum Gasteiger partial charge on any atom is -0.490 e. The van der Waals surface area contributed by atoms with Crippen LogP contribution in [0.3, 0.4) is 0 Å². The van der Waals surface area contributed by atoms with E-state index in [9.17, 15) is 4.79 Å². The van der Waals surface area contributed by atoms with E-state index in [1.807, 2.05) is 32.0 Å². The zero-order chi connectivity index (χ0) is 21.1. The summed E-state index contributed by atoms with van der Waals surface area (Å²) in [5.74, 6) is 1.53. The summed E-state index contributed by atoms with van der Waals surface area (Å²) in [6, 6.07) is 10.6. The average Bonchev–Trinajstić information content (AvgIpc) is 2.72. The fourth-order valence-corrected chi connectivity index (χ4v) is 2.85. The molecule has 0 atom stereocenters. The normalized spacial score (nSPS) is 10.6. The van der Waals surface area contributed by atoms with Crippen molar-refractivity contribution < 1.29 is 19.0 Å². The molecule has 0 aliphatic heterocycles. The van der Waals surface area contributed by atoms with Crippen LogP contribution in [0.25, 0.3) is 0 Å². The van der Waals surface area contributed by atoms with Crippen molar-refractivity contribution in [1.29, 1.82) is 0 Å². The van der Waals surface area contributed by atoms with Gasteiger partial charge < -0.3 is 14.2 Å². The number of hydrogen-bond acceptors (Lipinski definition) is 5. The van der Waals surface area contributed by atoms with Crippen LogP contribution in [-0.4, -0.2) is 31.9 Å². The van der Waals surface area contributed by atoms with Crippen molar-refractivity contribution in [3.8, 4) is 17.2 Å². The van der Waals surface area contributed by atoms with Crippen LogP contribution < -0.4 is 19.6 Å². The number of hydrazone groups is 1. The Kier molecular flexibility index (Phi) is 9.24. The van der Waals surface area contributed by atoms with Gasteiger partial charge in [0.2, 0.25) is 0 Å². The molecule has 0 saturated heterocycles. The van der Waals surface area contributed by atoms with Crippen LogP contribution in [0.15, 0.2) is 58.6 Å². The third kappa shape index (κ3) is 6.94. The van der Waals surface area contributed by atoms with Crippen LogP contribution in [0.2, 0.25) is 0 Å². The van der Waals surface area contributed by atoms with E-state index in [4.69, 9.17) is 14.2 Å². The van der Waals surface area contributed by atoms with Gasteiger partial charge in [-0.3, -0.25) is 4.79 Å². The Morgan fingerprint density at radius 3 is 2.59 bits per heavy atom. The molecule has 0 aromatic heterocycles. The molecule has 0 unspecified atom stereocenters. The van der Waals surface area contributed by atoms with E-state index >= 15 is 0 Å². The second-order valence-electron chi connectivity index (χ2n) is 5.93. The molecule has 1 amide bonds. The van der Waals surface area contributed by atoms with Gasteiger partial charge in [-0.2, -0.15) is 5.10 Å². The molecule has 0 bridgehead atoms. The lowest BCUT2D eigenvalue weighted by Crippen LogP contribution is -2.17. The van der Waals surface area contributed by atoms with Crippen molar-refractivity contribution in [2.45, 2.75) is 20.3 Å². The van der Waals surface area contributed by atoms with Crippen molar-refractivity contribution >= 4 is 28.1 Å². The number of hydrogen-bond donors (Lipinski definition) is 1. The fourth-order valence-electron chi connectivity index (χ4n) is 2.34. The number of amides is 1. The summed E-state index contributed by atoms with van der Waals surface area (Å²) < 4.78 is 17.5. The van der Waals surface area contributed by atoms with Crippen molar-refractivity contribution in [3.63, 3.8) is 0 Å². The molecular formula is C22H25BrN2O4. The topological polar surface area (TPSA) is 69.2 Å². The minimum atomic E-state index is -0.339. The predicted molar refractivity (Wildman–Crippen MR) is 118 cm³/mol. The Morgan fingerprint density at radius 2 is 1.90 bits per heavy atom. The molecule has 2 aromatic carbocycles. The number of halogens is 1. The third-order valence-electron chi connectivity index (χ3n) is 3.66. The largest absolute Gasteiger partial charge is 0.490 e. The highest BCUT2D eigenvalue weighted by Gasteiger charge is 2.11. The molecule has 6 nitrogen and oxygen atoms in total. The number of rotatable bonds is 11. The monoisotopic (exact) mass is 460 g/mol. The van der Waals surface area contributed by atoms with E-state index in [-0.39, 0.29) is 5.91 Å². The second kappa shape index (κ2) is 11.9. The summed E-state index contributed by atoms with van der Waals surface area (Å²) in [4.78, 5) is 12.4. The van der Waals surface area contributed by atoms with Gasteiger partial charge in [0.05, 0.1) is 23.9 Å². The number of nitrogens with one attached hydrogen (secondary N) is 1. The van der Waals surface area contributed by atoms with Gasteiger partial charge >= 0.3 is 0 Å². The van der Waals surface area contributed by atoms with Crippen LogP contribution >= 0.6 is 15.9 Å². The molecule has 2 rings (SSSR count). The van der Waals surface area contributed by atoms with Crippen LogP contribution in [0.4, 0.5) is 0 Å².